The van der Waals surface area contributed by atoms with E-state index in [-0.39, 0.29) is 0 Å². The molecule has 1 N–H and O–H groups in total. The van der Waals surface area contributed by atoms with E-state index in [0.29, 0.717) is 17.7 Å². The summed E-state index contributed by atoms with van der Waals surface area (Å²) in [6, 6.07) is 18.9. The number of likely N-dealkylation sites (N-methyl/N-ethyl adjacent to an activating group) is 1. The van der Waals surface area contributed by atoms with Crippen molar-refractivity contribution < 1.29 is 5.11 Å². The molecule has 0 aliphatic carbocycles. The first-order valence-corrected chi connectivity index (χ1v) is 7.80. The van der Waals surface area contributed by atoms with Gasteiger partial charge in [-0.2, -0.15) is 0 Å². The minimum Gasteiger partial charge on any atom is -0.508 e. The summed E-state index contributed by atoms with van der Waals surface area (Å²) in [4.78, 5) is 2.48. The molecule has 2 nitrogen and oxygen atoms in total. The molecular formula is C19H23NO. The van der Waals surface area contributed by atoms with E-state index in [1.54, 1.807) is 6.07 Å². The lowest BCUT2D eigenvalue weighted by atomic mass is 9.80. The minimum absolute atomic E-state index is 0.323. The molecule has 1 aliphatic heterocycles. The normalized spacial score (nSPS) is 21.1. The van der Waals surface area contributed by atoms with Gasteiger partial charge in [0.2, 0.25) is 0 Å². The summed E-state index contributed by atoms with van der Waals surface area (Å²) < 4.78 is 0. The van der Waals surface area contributed by atoms with Crippen molar-refractivity contribution >= 4 is 0 Å². The fraction of sp³-hybridized carbons (Fsp3) is 0.368. The monoisotopic (exact) mass is 281 g/mol. The van der Waals surface area contributed by atoms with Crippen LogP contribution < -0.4 is 0 Å². The highest BCUT2D eigenvalue weighted by Crippen LogP contribution is 2.36. The molecule has 0 amide bonds. The van der Waals surface area contributed by atoms with Crippen molar-refractivity contribution in [1.29, 1.82) is 0 Å². The third-order valence-corrected chi connectivity index (χ3v) is 4.60. The van der Waals surface area contributed by atoms with Crippen LogP contribution in [-0.4, -0.2) is 29.6 Å². The first-order chi connectivity index (χ1) is 10.3. The van der Waals surface area contributed by atoms with Gasteiger partial charge in [-0.25, -0.2) is 0 Å². The number of piperidine rings is 1. The Labute approximate surface area is 127 Å². The van der Waals surface area contributed by atoms with Crippen LogP contribution in [0.15, 0.2) is 54.6 Å². The predicted octanol–water partition coefficient (Wildman–Crippen LogP) is 4.01. The van der Waals surface area contributed by atoms with E-state index in [1.807, 2.05) is 12.1 Å². The molecule has 2 aromatic carbocycles. The number of phenolic OH excluding ortho intramolecular Hbond substituents is 1. The molecule has 1 fully saturated rings. The SMILES string of the molecule is CN1CCCCC1C(c1ccccc1)c1cccc(O)c1. The first-order valence-electron chi connectivity index (χ1n) is 7.80. The molecule has 0 spiro atoms. The van der Waals surface area contributed by atoms with Crippen LogP contribution in [0.3, 0.4) is 0 Å². The zero-order chi connectivity index (χ0) is 14.7. The summed E-state index contributed by atoms with van der Waals surface area (Å²) in [5.74, 6) is 0.676. The Hall–Kier alpha value is -1.80. The molecule has 0 radical (unpaired) electrons. The van der Waals surface area contributed by atoms with Gasteiger partial charge in [0.25, 0.3) is 0 Å². The summed E-state index contributed by atoms with van der Waals surface area (Å²) in [6.45, 7) is 1.16. The molecule has 110 valence electrons. The van der Waals surface area contributed by atoms with Gasteiger partial charge >= 0.3 is 0 Å². The van der Waals surface area contributed by atoms with E-state index in [4.69, 9.17) is 0 Å². The Morgan fingerprint density at radius 1 is 1.00 bits per heavy atom. The number of hydrogen-bond donors (Lipinski definition) is 1. The maximum Gasteiger partial charge on any atom is 0.115 e. The van der Waals surface area contributed by atoms with E-state index >= 15 is 0 Å². The second kappa shape index (κ2) is 6.31. The van der Waals surface area contributed by atoms with Crippen molar-refractivity contribution in [2.75, 3.05) is 13.6 Å². The second-order valence-electron chi connectivity index (χ2n) is 6.03. The van der Waals surface area contributed by atoms with Crippen LogP contribution in [0.2, 0.25) is 0 Å². The van der Waals surface area contributed by atoms with Crippen molar-refractivity contribution in [3.8, 4) is 5.75 Å². The summed E-state index contributed by atoms with van der Waals surface area (Å²) in [7, 11) is 2.22. The molecule has 0 aromatic heterocycles. The first kappa shape index (κ1) is 14.2. The third kappa shape index (κ3) is 3.11. The Balaban J connectivity index is 2.02. The van der Waals surface area contributed by atoms with Gasteiger partial charge in [0.05, 0.1) is 0 Å². The van der Waals surface area contributed by atoms with Gasteiger partial charge in [-0.1, -0.05) is 48.9 Å². The Morgan fingerprint density at radius 3 is 2.48 bits per heavy atom. The van der Waals surface area contributed by atoms with Gasteiger partial charge < -0.3 is 10.0 Å². The summed E-state index contributed by atoms with van der Waals surface area (Å²) in [5, 5.41) is 9.86. The molecule has 1 saturated heterocycles. The van der Waals surface area contributed by atoms with E-state index in [1.165, 1.54) is 30.4 Å². The van der Waals surface area contributed by atoms with Crippen molar-refractivity contribution in [2.45, 2.75) is 31.2 Å². The number of rotatable bonds is 3. The molecule has 2 heteroatoms. The molecule has 0 saturated carbocycles. The highest BCUT2D eigenvalue weighted by atomic mass is 16.3. The van der Waals surface area contributed by atoms with E-state index in [0.717, 1.165) is 6.54 Å². The molecule has 2 aromatic rings. The van der Waals surface area contributed by atoms with Crippen LogP contribution in [0.25, 0.3) is 0 Å². The van der Waals surface area contributed by atoms with Gasteiger partial charge in [-0.3, -0.25) is 0 Å². The molecule has 2 unspecified atom stereocenters. The zero-order valence-electron chi connectivity index (χ0n) is 12.6. The highest BCUT2D eigenvalue weighted by Gasteiger charge is 2.30. The average Bonchev–Trinajstić information content (AvgIpc) is 2.51. The number of benzene rings is 2. The fourth-order valence-corrected chi connectivity index (χ4v) is 3.54. The highest BCUT2D eigenvalue weighted by molar-refractivity contribution is 5.38. The predicted molar refractivity (Wildman–Crippen MR) is 86.7 cm³/mol. The topological polar surface area (TPSA) is 23.5 Å². The van der Waals surface area contributed by atoms with Crippen molar-refractivity contribution in [3.05, 3.63) is 65.7 Å². The number of hydrogen-bond acceptors (Lipinski definition) is 2. The molecule has 1 heterocycles. The Bertz CT molecular complexity index is 581. The Morgan fingerprint density at radius 2 is 1.76 bits per heavy atom. The number of aromatic hydroxyl groups is 1. The van der Waals surface area contributed by atoms with Crippen LogP contribution in [0.5, 0.6) is 5.75 Å². The zero-order valence-corrected chi connectivity index (χ0v) is 12.6. The van der Waals surface area contributed by atoms with Gasteiger partial charge in [-0.05, 0) is 49.7 Å². The molecule has 2 atom stereocenters. The van der Waals surface area contributed by atoms with Crippen LogP contribution in [0.4, 0.5) is 0 Å². The lowest BCUT2D eigenvalue weighted by molar-refractivity contribution is 0.169. The molecule has 0 bridgehead atoms. The van der Waals surface area contributed by atoms with E-state index in [2.05, 4.69) is 48.3 Å². The molecular weight excluding hydrogens is 258 g/mol. The van der Waals surface area contributed by atoms with Crippen molar-refractivity contribution in [2.24, 2.45) is 0 Å². The van der Waals surface area contributed by atoms with Gasteiger partial charge in [-0.15, -0.1) is 0 Å². The summed E-state index contributed by atoms with van der Waals surface area (Å²) >= 11 is 0. The summed E-state index contributed by atoms with van der Waals surface area (Å²) in [5.41, 5.74) is 2.54. The largest absolute Gasteiger partial charge is 0.508 e. The van der Waals surface area contributed by atoms with Crippen LogP contribution in [0, 0.1) is 0 Å². The average molecular weight is 281 g/mol. The maximum atomic E-state index is 9.86. The lowest BCUT2D eigenvalue weighted by Gasteiger charge is -2.38. The smallest absolute Gasteiger partial charge is 0.115 e. The number of likely N-dealkylation sites (tertiary alicyclic amines) is 1. The van der Waals surface area contributed by atoms with Gasteiger partial charge in [0.15, 0.2) is 0 Å². The summed E-state index contributed by atoms with van der Waals surface area (Å²) in [6.07, 6.45) is 3.79. The second-order valence-corrected chi connectivity index (χ2v) is 6.03. The number of nitrogens with zero attached hydrogens (tertiary/aromatic N) is 1. The fourth-order valence-electron chi connectivity index (χ4n) is 3.54. The third-order valence-electron chi connectivity index (χ3n) is 4.60. The van der Waals surface area contributed by atoms with Crippen LogP contribution in [-0.2, 0) is 0 Å². The Kier molecular flexibility index (Phi) is 4.26. The standard InChI is InChI=1S/C19H23NO/c1-20-13-6-5-12-18(20)19(15-8-3-2-4-9-15)16-10-7-11-17(21)14-16/h2-4,7-11,14,18-19,21H,5-6,12-13H2,1H3. The maximum absolute atomic E-state index is 9.86. The van der Waals surface area contributed by atoms with E-state index in [9.17, 15) is 5.11 Å². The molecule has 1 aliphatic rings. The molecule has 3 rings (SSSR count). The van der Waals surface area contributed by atoms with E-state index < -0.39 is 0 Å². The lowest BCUT2D eigenvalue weighted by Crippen LogP contribution is -2.40. The van der Waals surface area contributed by atoms with Crippen molar-refractivity contribution in [3.63, 3.8) is 0 Å². The van der Waals surface area contributed by atoms with Crippen LogP contribution in [0.1, 0.15) is 36.3 Å². The van der Waals surface area contributed by atoms with Gasteiger partial charge in [0.1, 0.15) is 5.75 Å². The number of phenols is 1. The quantitative estimate of drug-likeness (QED) is 0.919. The van der Waals surface area contributed by atoms with Crippen LogP contribution >= 0.6 is 0 Å². The minimum atomic E-state index is 0.323. The van der Waals surface area contributed by atoms with Crippen molar-refractivity contribution in [1.82, 2.24) is 4.90 Å². The van der Waals surface area contributed by atoms with Gasteiger partial charge in [0, 0.05) is 12.0 Å². The molecule has 21 heavy (non-hydrogen) atoms.